The number of hydrogen-bond donors (Lipinski definition) is 1. The van der Waals surface area contributed by atoms with Crippen molar-refractivity contribution in [3.8, 4) is 17.1 Å². The van der Waals surface area contributed by atoms with E-state index in [1.165, 1.54) is 0 Å². The largest absolute Gasteiger partial charge is 0.497 e. The van der Waals surface area contributed by atoms with E-state index in [1.807, 2.05) is 76.2 Å². The highest BCUT2D eigenvalue weighted by atomic mass is 16.5. The number of urea groups is 1. The van der Waals surface area contributed by atoms with Crippen molar-refractivity contribution in [2.75, 3.05) is 20.3 Å². The number of amides is 2. The van der Waals surface area contributed by atoms with Gasteiger partial charge in [0.1, 0.15) is 5.75 Å². The molecule has 184 valence electrons. The fourth-order valence-corrected chi connectivity index (χ4v) is 4.09. The van der Waals surface area contributed by atoms with Crippen molar-refractivity contribution in [2.45, 2.75) is 46.3 Å². The lowest BCUT2D eigenvalue weighted by Crippen LogP contribution is -2.46. The summed E-state index contributed by atoms with van der Waals surface area (Å²) >= 11 is 0. The van der Waals surface area contributed by atoms with E-state index in [0.717, 1.165) is 28.0 Å². The van der Waals surface area contributed by atoms with Crippen LogP contribution in [0, 0.1) is 6.92 Å². The van der Waals surface area contributed by atoms with Crippen LogP contribution in [-0.4, -0.2) is 47.4 Å². The summed E-state index contributed by atoms with van der Waals surface area (Å²) in [6.45, 7) is 9.05. The molecule has 2 heterocycles. The molecular weight excluding hydrogens is 444 g/mol. The molecular formula is C27H32N4O4. The summed E-state index contributed by atoms with van der Waals surface area (Å²) in [4.78, 5) is 19.5. The molecule has 0 fully saturated rings. The van der Waals surface area contributed by atoms with Crippen LogP contribution in [0.1, 0.15) is 50.3 Å². The summed E-state index contributed by atoms with van der Waals surface area (Å²) in [6, 6.07) is 15.0. The molecule has 0 spiro atoms. The molecule has 1 aliphatic heterocycles. The van der Waals surface area contributed by atoms with Crippen LogP contribution in [0.3, 0.4) is 0 Å². The van der Waals surface area contributed by atoms with Gasteiger partial charge < -0.3 is 19.3 Å². The molecule has 1 aliphatic rings. The zero-order chi connectivity index (χ0) is 24.9. The zero-order valence-electron chi connectivity index (χ0n) is 20.9. The van der Waals surface area contributed by atoms with E-state index in [1.54, 1.807) is 12.0 Å². The van der Waals surface area contributed by atoms with Crippen LogP contribution in [0.25, 0.3) is 17.0 Å². The Morgan fingerprint density at radius 2 is 1.91 bits per heavy atom. The standard InChI is InChI=1S/C27H32N4O4/c1-17(2)34-15-7-14-31-19(4)23(24(28-27(31)32)20-12-10-18(3)11-13-20)26-29-25(30-35-26)21-8-6-9-22(16-21)33-5/h6,8-13,16-17,24H,7,14-15H2,1-5H3,(H,28,32). The quantitative estimate of drug-likeness (QED) is 0.418. The van der Waals surface area contributed by atoms with Gasteiger partial charge in [-0.1, -0.05) is 47.1 Å². The van der Waals surface area contributed by atoms with E-state index in [2.05, 4.69) is 10.5 Å². The number of rotatable bonds is 9. The van der Waals surface area contributed by atoms with E-state index < -0.39 is 6.04 Å². The van der Waals surface area contributed by atoms with Gasteiger partial charge >= 0.3 is 6.03 Å². The summed E-state index contributed by atoms with van der Waals surface area (Å²) in [5, 5.41) is 7.36. The van der Waals surface area contributed by atoms with Crippen LogP contribution in [0.4, 0.5) is 4.79 Å². The number of aryl methyl sites for hydroxylation is 1. The third kappa shape index (κ3) is 5.54. The molecule has 2 aromatic carbocycles. The SMILES string of the molecule is COc1cccc(-c2noc(C3=C(C)N(CCCOC(C)C)C(=O)NC3c3ccc(C)cc3)n2)c1. The van der Waals surface area contributed by atoms with E-state index in [0.29, 0.717) is 37.0 Å². The summed E-state index contributed by atoms with van der Waals surface area (Å²) in [7, 11) is 1.62. The molecule has 0 saturated carbocycles. The van der Waals surface area contributed by atoms with Crippen LogP contribution in [-0.2, 0) is 4.74 Å². The van der Waals surface area contributed by atoms with Gasteiger partial charge in [-0.3, -0.25) is 4.90 Å². The molecule has 1 unspecified atom stereocenters. The Morgan fingerprint density at radius 1 is 1.14 bits per heavy atom. The van der Waals surface area contributed by atoms with Crippen LogP contribution in [0.5, 0.6) is 5.75 Å². The molecule has 0 radical (unpaired) electrons. The minimum atomic E-state index is -0.412. The van der Waals surface area contributed by atoms with Gasteiger partial charge in [0.25, 0.3) is 5.89 Å². The molecule has 1 atom stereocenters. The normalized spacial score (nSPS) is 16.1. The third-order valence-electron chi connectivity index (χ3n) is 5.97. The minimum Gasteiger partial charge on any atom is -0.497 e. The Labute approximate surface area is 205 Å². The van der Waals surface area contributed by atoms with Crippen LogP contribution in [0.2, 0.25) is 0 Å². The first kappa shape index (κ1) is 24.5. The van der Waals surface area contributed by atoms with Gasteiger partial charge in [-0.15, -0.1) is 0 Å². The number of ether oxygens (including phenoxy) is 2. The molecule has 3 aromatic rings. The van der Waals surface area contributed by atoms with Gasteiger partial charge in [0.15, 0.2) is 0 Å². The summed E-state index contributed by atoms with van der Waals surface area (Å²) < 4.78 is 16.7. The van der Waals surface area contributed by atoms with E-state index >= 15 is 0 Å². The number of carbonyl (C=O) groups is 1. The smallest absolute Gasteiger partial charge is 0.322 e. The molecule has 1 N–H and O–H groups in total. The molecule has 0 saturated heterocycles. The molecule has 1 aromatic heterocycles. The highest BCUT2D eigenvalue weighted by Gasteiger charge is 2.35. The number of carbonyl (C=O) groups excluding carboxylic acids is 1. The third-order valence-corrected chi connectivity index (χ3v) is 5.97. The number of nitrogens with zero attached hydrogens (tertiary/aromatic N) is 3. The van der Waals surface area contributed by atoms with Gasteiger partial charge in [-0.2, -0.15) is 4.98 Å². The number of methoxy groups -OCH3 is 1. The fraction of sp³-hybridized carbons (Fsp3) is 0.370. The second-order valence-electron chi connectivity index (χ2n) is 8.87. The first-order valence-electron chi connectivity index (χ1n) is 11.8. The average molecular weight is 477 g/mol. The van der Waals surface area contributed by atoms with Crippen molar-refractivity contribution in [3.05, 3.63) is 71.2 Å². The second kappa shape index (κ2) is 10.7. The predicted molar refractivity (Wildman–Crippen MR) is 134 cm³/mol. The van der Waals surface area contributed by atoms with Gasteiger partial charge in [0.05, 0.1) is 24.8 Å². The lowest BCUT2D eigenvalue weighted by atomic mass is 9.94. The lowest BCUT2D eigenvalue weighted by molar-refractivity contribution is 0.0736. The zero-order valence-corrected chi connectivity index (χ0v) is 20.9. The monoisotopic (exact) mass is 476 g/mol. The van der Waals surface area contributed by atoms with Crippen molar-refractivity contribution >= 4 is 11.6 Å². The molecule has 4 rings (SSSR count). The first-order chi connectivity index (χ1) is 16.9. The molecule has 35 heavy (non-hydrogen) atoms. The Balaban J connectivity index is 1.71. The van der Waals surface area contributed by atoms with Crippen molar-refractivity contribution in [3.63, 3.8) is 0 Å². The molecule has 2 amide bonds. The second-order valence-corrected chi connectivity index (χ2v) is 8.87. The molecule has 0 aliphatic carbocycles. The van der Waals surface area contributed by atoms with E-state index in [-0.39, 0.29) is 12.1 Å². The highest BCUT2D eigenvalue weighted by Crippen LogP contribution is 2.37. The highest BCUT2D eigenvalue weighted by molar-refractivity contribution is 5.86. The number of allylic oxidation sites excluding steroid dienone is 1. The molecule has 0 bridgehead atoms. The number of benzene rings is 2. The maximum Gasteiger partial charge on any atom is 0.322 e. The Kier molecular flexibility index (Phi) is 7.51. The van der Waals surface area contributed by atoms with Crippen molar-refractivity contribution in [2.24, 2.45) is 0 Å². The van der Waals surface area contributed by atoms with Gasteiger partial charge in [0, 0.05) is 24.4 Å². The lowest BCUT2D eigenvalue weighted by Gasteiger charge is -2.35. The fourth-order valence-electron chi connectivity index (χ4n) is 4.09. The van der Waals surface area contributed by atoms with E-state index in [9.17, 15) is 4.79 Å². The Hall–Kier alpha value is -3.65. The summed E-state index contributed by atoms with van der Waals surface area (Å²) in [5.41, 5.74) is 4.43. The van der Waals surface area contributed by atoms with Gasteiger partial charge in [-0.05, 0) is 51.8 Å². The maximum atomic E-state index is 13.1. The maximum absolute atomic E-state index is 13.1. The number of nitrogens with one attached hydrogen (secondary N) is 1. The minimum absolute atomic E-state index is 0.150. The van der Waals surface area contributed by atoms with Crippen LogP contribution < -0.4 is 10.1 Å². The van der Waals surface area contributed by atoms with Crippen LogP contribution in [0.15, 0.2) is 58.8 Å². The summed E-state index contributed by atoms with van der Waals surface area (Å²) in [5.74, 6) is 1.53. The topological polar surface area (TPSA) is 89.7 Å². The van der Waals surface area contributed by atoms with Crippen molar-refractivity contribution < 1.29 is 18.8 Å². The first-order valence-corrected chi connectivity index (χ1v) is 11.8. The van der Waals surface area contributed by atoms with Crippen LogP contribution >= 0.6 is 0 Å². The molecule has 8 heteroatoms. The summed E-state index contributed by atoms with van der Waals surface area (Å²) in [6.07, 6.45) is 0.862. The Bertz CT molecular complexity index is 1200. The number of aromatic nitrogens is 2. The average Bonchev–Trinajstić information content (AvgIpc) is 3.33. The van der Waals surface area contributed by atoms with Crippen molar-refractivity contribution in [1.82, 2.24) is 20.4 Å². The Morgan fingerprint density at radius 3 is 2.63 bits per heavy atom. The van der Waals surface area contributed by atoms with Gasteiger partial charge in [-0.25, -0.2) is 4.79 Å². The predicted octanol–water partition coefficient (Wildman–Crippen LogP) is 5.37. The van der Waals surface area contributed by atoms with Crippen molar-refractivity contribution in [1.29, 1.82) is 0 Å². The van der Waals surface area contributed by atoms with E-state index in [4.69, 9.17) is 19.0 Å². The van der Waals surface area contributed by atoms with Gasteiger partial charge in [0.2, 0.25) is 5.82 Å². The molecule has 8 nitrogen and oxygen atoms in total. The number of hydrogen-bond acceptors (Lipinski definition) is 6.